The van der Waals surface area contributed by atoms with Crippen molar-refractivity contribution in [2.75, 3.05) is 0 Å². The number of carbonyl (C=O) groups excluding carboxylic acids is 1. The van der Waals surface area contributed by atoms with Crippen molar-refractivity contribution in [3.63, 3.8) is 0 Å². The maximum atomic E-state index is 13.6. The molecular formula is C19H17F3N6O. The lowest BCUT2D eigenvalue weighted by atomic mass is 10.1. The number of nitrogens with zero attached hydrogens (tertiary/aromatic N) is 4. The van der Waals surface area contributed by atoms with Gasteiger partial charge in [-0.25, -0.2) is 23.1 Å². The summed E-state index contributed by atoms with van der Waals surface area (Å²) in [5.41, 5.74) is 2.08. The third kappa shape index (κ3) is 3.30. The molecule has 0 aliphatic carbocycles. The van der Waals surface area contributed by atoms with E-state index in [0.717, 1.165) is 6.92 Å². The van der Waals surface area contributed by atoms with Gasteiger partial charge in [0, 0.05) is 25.6 Å². The topological polar surface area (TPSA) is 88.5 Å². The highest BCUT2D eigenvalue weighted by Gasteiger charge is 2.32. The maximum Gasteiger partial charge on any atom is 0.264 e. The molecule has 150 valence electrons. The number of aryl methyl sites for hydroxylation is 1. The van der Waals surface area contributed by atoms with Gasteiger partial charge in [0.2, 0.25) is 0 Å². The second kappa shape index (κ2) is 6.57. The number of alkyl halides is 2. The Hall–Kier alpha value is -3.43. The molecule has 0 saturated heterocycles. The molecule has 0 spiro atoms. The number of carbonyl (C=O) groups is 1. The number of hydrogen-bond acceptors (Lipinski definition) is 4. The Bertz CT molecular complexity index is 1240. The van der Waals surface area contributed by atoms with Gasteiger partial charge in [-0.2, -0.15) is 5.10 Å². The Morgan fingerprint density at radius 3 is 2.83 bits per heavy atom. The molecule has 0 aliphatic heterocycles. The number of halogens is 3. The van der Waals surface area contributed by atoms with Crippen LogP contribution in [0.4, 0.5) is 13.2 Å². The number of H-pyrrole nitrogens is 1. The highest BCUT2D eigenvalue weighted by atomic mass is 19.3. The smallest absolute Gasteiger partial charge is 0.264 e. The van der Waals surface area contributed by atoms with Gasteiger partial charge in [-0.1, -0.05) is 0 Å². The molecule has 0 radical (unpaired) electrons. The van der Waals surface area contributed by atoms with E-state index < -0.39 is 17.9 Å². The lowest BCUT2D eigenvalue weighted by Gasteiger charge is -2.20. The van der Waals surface area contributed by atoms with Gasteiger partial charge in [0.1, 0.15) is 22.7 Å². The predicted octanol–water partition coefficient (Wildman–Crippen LogP) is 3.42. The number of benzene rings is 1. The number of amides is 1. The van der Waals surface area contributed by atoms with Crippen LogP contribution in [0, 0.1) is 5.82 Å². The molecule has 10 heteroatoms. The van der Waals surface area contributed by atoms with Crippen molar-refractivity contribution in [2.45, 2.75) is 25.8 Å². The van der Waals surface area contributed by atoms with Crippen molar-refractivity contribution < 1.29 is 18.0 Å². The van der Waals surface area contributed by atoms with Crippen LogP contribution in [0.2, 0.25) is 0 Å². The molecule has 0 fully saturated rings. The first-order valence-corrected chi connectivity index (χ1v) is 8.80. The summed E-state index contributed by atoms with van der Waals surface area (Å²) in [6.07, 6.45) is 2.85. The molecule has 1 amide bonds. The van der Waals surface area contributed by atoms with E-state index in [2.05, 4.69) is 25.4 Å². The minimum atomic E-state index is -3.07. The van der Waals surface area contributed by atoms with E-state index in [1.54, 1.807) is 13.1 Å². The Kier molecular flexibility index (Phi) is 4.29. The van der Waals surface area contributed by atoms with Gasteiger partial charge in [0.25, 0.3) is 11.8 Å². The molecule has 1 aromatic carbocycles. The first kappa shape index (κ1) is 18.9. The van der Waals surface area contributed by atoms with Gasteiger partial charge in [0.05, 0.1) is 23.3 Å². The molecule has 0 aliphatic rings. The second-order valence-electron chi connectivity index (χ2n) is 6.94. The number of aromatic amines is 1. The molecule has 29 heavy (non-hydrogen) atoms. The van der Waals surface area contributed by atoms with Crippen LogP contribution in [0.15, 0.2) is 30.6 Å². The van der Waals surface area contributed by atoms with Crippen molar-refractivity contribution in [3.05, 3.63) is 42.0 Å². The largest absolute Gasteiger partial charge is 0.344 e. The third-order valence-corrected chi connectivity index (χ3v) is 4.79. The summed E-state index contributed by atoms with van der Waals surface area (Å²) in [4.78, 5) is 24.0. The fraction of sp³-hybridized carbons (Fsp3) is 0.263. The molecule has 4 rings (SSSR count). The van der Waals surface area contributed by atoms with Crippen molar-refractivity contribution in [1.82, 2.24) is 30.0 Å². The summed E-state index contributed by atoms with van der Waals surface area (Å²) in [5.74, 6) is -4.15. The molecule has 0 bridgehead atoms. The summed E-state index contributed by atoms with van der Waals surface area (Å²) in [6, 6.07) is 2.92. The number of hydrogen-bond donors (Lipinski definition) is 2. The second-order valence-corrected chi connectivity index (χ2v) is 6.94. The standard InChI is InChI=1S/C19H17F3N6O/c1-9(19(2,21)22)25-18(29)12-7-23-17-16(12)26-13(8-24-17)15-11-5-4-10(20)6-14(11)28(3)27-15/h4-9H,1-3H3,(H,23,24)(H,25,29)/t9-/m1/s1. The normalized spacial score (nSPS) is 13.2. The third-order valence-electron chi connectivity index (χ3n) is 4.79. The SMILES string of the molecule is C[C@@H](NC(=O)c1c[nH]c2ncc(-c3nn(C)c4cc(F)ccc34)nc12)C(C)(F)F. The zero-order valence-electron chi connectivity index (χ0n) is 15.8. The van der Waals surface area contributed by atoms with Crippen LogP contribution in [0.1, 0.15) is 24.2 Å². The fourth-order valence-electron chi connectivity index (χ4n) is 3.00. The molecule has 0 saturated carbocycles. The van der Waals surface area contributed by atoms with Gasteiger partial charge >= 0.3 is 0 Å². The van der Waals surface area contributed by atoms with Gasteiger partial charge in [-0.05, 0) is 25.1 Å². The minimum absolute atomic E-state index is 0.0942. The van der Waals surface area contributed by atoms with Crippen molar-refractivity contribution >= 4 is 28.0 Å². The lowest BCUT2D eigenvalue weighted by molar-refractivity contribution is -0.0108. The summed E-state index contributed by atoms with van der Waals surface area (Å²) >= 11 is 0. The first-order valence-electron chi connectivity index (χ1n) is 8.80. The van der Waals surface area contributed by atoms with E-state index in [4.69, 9.17) is 0 Å². The number of nitrogens with one attached hydrogen (secondary N) is 2. The quantitative estimate of drug-likeness (QED) is 0.548. The Morgan fingerprint density at radius 2 is 2.10 bits per heavy atom. The van der Waals surface area contributed by atoms with Crippen molar-refractivity contribution in [2.24, 2.45) is 7.05 Å². The number of fused-ring (bicyclic) bond motifs is 2. The van der Waals surface area contributed by atoms with E-state index in [1.165, 1.54) is 36.1 Å². The molecule has 3 aromatic heterocycles. The zero-order chi connectivity index (χ0) is 20.9. The Morgan fingerprint density at radius 1 is 1.34 bits per heavy atom. The van der Waals surface area contributed by atoms with Gasteiger partial charge in [-0.15, -0.1) is 0 Å². The van der Waals surface area contributed by atoms with E-state index in [9.17, 15) is 18.0 Å². The Balaban J connectivity index is 1.78. The molecule has 2 N–H and O–H groups in total. The number of aromatic nitrogens is 5. The molecule has 0 unspecified atom stereocenters. The fourth-order valence-corrected chi connectivity index (χ4v) is 3.00. The van der Waals surface area contributed by atoms with Crippen LogP contribution in [0.25, 0.3) is 33.5 Å². The van der Waals surface area contributed by atoms with Crippen LogP contribution in [-0.2, 0) is 7.05 Å². The number of rotatable bonds is 4. The molecule has 3 heterocycles. The van der Waals surface area contributed by atoms with Crippen LogP contribution < -0.4 is 5.32 Å². The van der Waals surface area contributed by atoms with Crippen LogP contribution in [-0.4, -0.2) is 42.6 Å². The maximum absolute atomic E-state index is 13.6. The molecule has 7 nitrogen and oxygen atoms in total. The van der Waals surface area contributed by atoms with Gasteiger partial charge < -0.3 is 10.3 Å². The molecule has 1 atom stereocenters. The predicted molar refractivity (Wildman–Crippen MR) is 101 cm³/mol. The Labute approximate surface area is 163 Å². The van der Waals surface area contributed by atoms with Crippen LogP contribution in [0.3, 0.4) is 0 Å². The highest BCUT2D eigenvalue weighted by molar-refractivity contribution is 6.05. The summed E-state index contributed by atoms with van der Waals surface area (Å²) in [5, 5.41) is 7.33. The van der Waals surface area contributed by atoms with Crippen molar-refractivity contribution in [3.8, 4) is 11.4 Å². The van der Waals surface area contributed by atoms with E-state index >= 15 is 0 Å². The van der Waals surface area contributed by atoms with E-state index in [-0.39, 0.29) is 16.9 Å². The van der Waals surface area contributed by atoms with Gasteiger partial charge in [0.15, 0.2) is 5.65 Å². The molecular weight excluding hydrogens is 385 g/mol. The first-order chi connectivity index (χ1) is 13.6. The highest BCUT2D eigenvalue weighted by Crippen LogP contribution is 2.28. The van der Waals surface area contributed by atoms with Crippen LogP contribution in [0.5, 0.6) is 0 Å². The molecule has 4 aromatic rings. The average molecular weight is 402 g/mol. The van der Waals surface area contributed by atoms with Crippen LogP contribution >= 0.6 is 0 Å². The summed E-state index contributed by atoms with van der Waals surface area (Å²) in [7, 11) is 1.68. The summed E-state index contributed by atoms with van der Waals surface area (Å²) < 4.78 is 41.9. The lowest BCUT2D eigenvalue weighted by Crippen LogP contribution is -2.43. The monoisotopic (exact) mass is 402 g/mol. The van der Waals surface area contributed by atoms with Crippen molar-refractivity contribution in [1.29, 1.82) is 0 Å². The minimum Gasteiger partial charge on any atom is -0.344 e. The zero-order valence-corrected chi connectivity index (χ0v) is 15.8. The van der Waals surface area contributed by atoms with Gasteiger partial charge in [-0.3, -0.25) is 9.48 Å². The average Bonchev–Trinajstić information content (AvgIpc) is 3.21. The van der Waals surface area contributed by atoms with E-state index in [1.807, 2.05) is 0 Å². The summed E-state index contributed by atoms with van der Waals surface area (Å²) in [6.45, 7) is 1.96. The van der Waals surface area contributed by atoms with E-state index in [0.29, 0.717) is 27.9 Å².